The van der Waals surface area contributed by atoms with Gasteiger partial charge in [-0.2, -0.15) is 4.98 Å². The maximum absolute atomic E-state index is 12.0. The fraction of sp³-hybridized carbons (Fsp3) is 0.714. The van der Waals surface area contributed by atoms with Gasteiger partial charge >= 0.3 is 0 Å². The highest BCUT2D eigenvalue weighted by Crippen LogP contribution is 2.02. The van der Waals surface area contributed by atoms with Crippen molar-refractivity contribution in [2.24, 2.45) is 0 Å². The van der Waals surface area contributed by atoms with Crippen molar-refractivity contribution < 1.29 is 18.4 Å². The van der Waals surface area contributed by atoms with Gasteiger partial charge in [0.25, 0.3) is 6.43 Å². The highest BCUT2D eigenvalue weighted by Gasteiger charge is 2.13. The van der Waals surface area contributed by atoms with Crippen molar-refractivity contribution in [2.45, 2.75) is 13.0 Å². The second-order valence-corrected chi connectivity index (χ2v) is 2.70. The van der Waals surface area contributed by atoms with E-state index in [1.54, 1.807) is 0 Å². The molecule has 0 aromatic carbocycles. The minimum absolute atomic E-state index is 0.154. The van der Waals surface area contributed by atoms with Crippen molar-refractivity contribution in [2.75, 3.05) is 19.7 Å². The first-order valence-corrected chi connectivity index (χ1v) is 4.09. The molecule has 0 spiro atoms. The summed E-state index contributed by atoms with van der Waals surface area (Å²) in [7, 11) is 0. The third kappa shape index (κ3) is 3.75. The van der Waals surface area contributed by atoms with E-state index in [0.29, 0.717) is 5.82 Å². The summed E-state index contributed by atoms with van der Waals surface area (Å²) in [5, 5.41) is 12.1. The Kier molecular flexibility index (Phi) is 4.41. The molecule has 0 aliphatic heterocycles. The normalized spacial score (nSPS) is 11.5. The van der Waals surface area contributed by atoms with Crippen LogP contribution in [0.25, 0.3) is 0 Å². The zero-order valence-corrected chi connectivity index (χ0v) is 7.44. The molecule has 80 valence electrons. The third-order valence-electron chi connectivity index (χ3n) is 1.58. The third-order valence-corrected chi connectivity index (χ3v) is 1.58. The lowest BCUT2D eigenvalue weighted by atomic mass is 10.4. The molecule has 0 unspecified atom stereocenters. The Bertz CT molecular complexity index is 243. The maximum atomic E-state index is 12.0. The van der Waals surface area contributed by atoms with Crippen LogP contribution in [-0.2, 0) is 6.54 Å². The van der Waals surface area contributed by atoms with Crippen molar-refractivity contribution in [3.05, 3.63) is 12.2 Å². The minimum atomic E-state index is -2.44. The number of halogens is 2. The van der Waals surface area contributed by atoms with Crippen LogP contribution in [0.1, 0.15) is 5.82 Å². The molecule has 0 radical (unpaired) electrons. The van der Waals surface area contributed by atoms with Gasteiger partial charge in [0, 0.05) is 6.54 Å². The van der Waals surface area contributed by atoms with Crippen LogP contribution in [0.15, 0.2) is 10.9 Å². The van der Waals surface area contributed by atoms with E-state index in [1.165, 1.54) is 4.90 Å². The number of hydrogen-bond donors (Lipinski definition) is 1. The Morgan fingerprint density at radius 2 is 2.36 bits per heavy atom. The fourth-order valence-corrected chi connectivity index (χ4v) is 1.03. The van der Waals surface area contributed by atoms with E-state index in [2.05, 4.69) is 14.7 Å². The van der Waals surface area contributed by atoms with Gasteiger partial charge in [0.1, 0.15) is 0 Å². The van der Waals surface area contributed by atoms with Gasteiger partial charge in [-0.25, -0.2) is 8.78 Å². The Labute approximate surface area is 79.3 Å². The fourth-order valence-electron chi connectivity index (χ4n) is 1.03. The lowest BCUT2D eigenvalue weighted by molar-refractivity contribution is 0.0729. The zero-order valence-electron chi connectivity index (χ0n) is 7.44. The van der Waals surface area contributed by atoms with Crippen molar-refractivity contribution in [3.8, 4) is 0 Å². The quantitative estimate of drug-likeness (QED) is 0.718. The highest BCUT2D eigenvalue weighted by molar-refractivity contribution is 4.78. The molecule has 1 aromatic heterocycles. The molecule has 7 heteroatoms. The van der Waals surface area contributed by atoms with E-state index in [4.69, 9.17) is 5.11 Å². The van der Waals surface area contributed by atoms with Gasteiger partial charge in [0.2, 0.25) is 6.39 Å². The number of rotatable bonds is 6. The minimum Gasteiger partial charge on any atom is -0.395 e. The van der Waals surface area contributed by atoms with Gasteiger partial charge in [0.05, 0.1) is 19.7 Å². The Balaban J connectivity index is 2.42. The molecule has 1 rings (SSSR count). The molecule has 0 fully saturated rings. The van der Waals surface area contributed by atoms with E-state index < -0.39 is 13.0 Å². The molecule has 0 atom stereocenters. The van der Waals surface area contributed by atoms with Crippen LogP contribution in [0, 0.1) is 0 Å². The van der Waals surface area contributed by atoms with Gasteiger partial charge in [-0.3, -0.25) is 4.90 Å². The SMILES string of the molecule is OCCN(Cc1ncon1)CC(F)F. The van der Waals surface area contributed by atoms with E-state index in [9.17, 15) is 8.78 Å². The summed E-state index contributed by atoms with van der Waals surface area (Å²) in [6.07, 6.45) is -1.30. The summed E-state index contributed by atoms with van der Waals surface area (Å²) in [4.78, 5) is 5.06. The summed E-state index contributed by atoms with van der Waals surface area (Å²) >= 11 is 0. The second-order valence-electron chi connectivity index (χ2n) is 2.70. The van der Waals surface area contributed by atoms with Crippen LogP contribution < -0.4 is 0 Å². The predicted octanol–water partition coefficient (Wildman–Crippen LogP) is 0.129. The molecule has 0 aliphatic rings. The molecule has 0 bridgehead atoms. The van der Waals surface area contributed by atoms with E-state index in [1.807, 2.05) is 0 Å². The van der Waals surface area contributed by atoms with Gasteiger partial charge in [0.15, 0.2) is 5.82 Å². The summed E-state index contributed by atoms with van der Waals surface area (Å²) < 4.78 is 28.6. The van der Waals surface area contributed by atoms with E-state index in [0.717, 1.165) is 6.39 Å². The summed E-state index contributed by atoms with van der Waals surface area (Å²) in [6.45, 7) is -0.264. The molecule has 1 N–H and O–H groups in total. The average Bonchev–Trinajstić information content (AvgIpc) is 2.56. The van der Waals surface area contributed by atoms with Gasteiger partial charge in [-0.05, 0) is 0 Å². The Morgan fingerprint density at radius 3 is 2.86 bits per heavy atom. The Hall–Kier alpha value is -1.08. The van der Waals surface area contributed by atoms with Crippen LogP contribution >= 0.6 is 0 Å². The number of aliphatic hydroxyl groups excluding tert-OH is 1. The lowest BCUT2D eigenvalue weighted by Crippen LogP contribution is -2.31. The zero-order chi connectivity index (χ0) is 10.4. The van der Waals surface area contributed by atoms with Crippen LogP contribution in [0.2, 0.25) is 0 Å². The van der Waals surface area contributed by atoms with Crippen LogP contribution in [0.5, 0.6) is 0 Å². The molecule has 1 heterocycles. The van der Waals surface area contributed by atoms with Crippen LogP contribution in [0.3, 0.4) is 0 Å². The predicted molar refractivity (Wildman–Crippen MR) is 42.7 cm³/mol. The molecule has 0 saturated carbocycles. The number of aliphatic hydroxyl groups is 1. The number of hydrogen-bond acceptors (Lipinski definition) is 5. The van der Waals surface area contributed by atoms with Gasteiger partial charge < -0.3 is 9.63 Å². The second kappa shape index (κ2) is 5.61. The number of nitrogens with zero attached hydrogens (tertiary/aromatic N) is 3. The first kappa shape index (κ1) is 11.0. The van der Waals surface area contributed by atoms with Crippen molar-refractivity contribution >= 4 is 0 Å². The summed E-state index contributed by atoms with van der Waals surface area (Å²) in [5.41, 5.74) is 0. The average molecular weight is 207 g/mol. The molecule has 14 heavy (non-hydrogen) atoms. The topological polar surface area (TPSA) is 62.4 Å². The van der Waals surface area contributed by atoms with Crippen LogP contribution in [-0.4, -0.2) is 46.3 Å². The standard InChI is InChI=1S/C7H11F2N3O2/c8-6(9)3-12(1-2-13)4-7-10-5-14-11-7/h5-6,13H,1-4H2. The Morgan fingerprint density at radius 1 is 1.57 bits per heavy atom. The summed E-state index contributed by atoms with van der Waals surface area (Å²) in [6, 6.07) is 0. The van der Waals surface area contributed by atoms with Crippen molar-refractivity contribution in [3.63, 3.8) is 0 Å². The number of aromatic nitrogens is 2. The van der Waals surface area contributed by atoms with Crippen molar-refractivity contribution in [1.29, 1.82) is 0 Å². The maximum Gasteiger partial charge on any atom is 0.251 e. The van der Waals surface area contributed by atoms with Gasteiger partial charge in [-0.1, -0.05) is 5.16 Å². The lowest BCUT2D eigenvalue weighted by Gasteiger charge is -2.18. The molecule has 0 aliphatic carbocycles. The molecule has 0 amide bonds. The van der Waals surface area contributed by atoms with E-state index >= 15 is 0 Å². The molecular formula is C7H11F2N3O2. The molecule has 0 saturated heterocycles. The van der Waals surface area contributed by atoms with E-state index in [-0.39, 0.29) is 19.7 Å². The number of alkyl halides is 2. The monoisotopic (exact) mass is 207 g/mol. The molecule has 5 nitrogen and oxygen atoms in total. The smallest absolute Gasteiger partial charge is 0.251 e. The van der Waals surface area contributed by atoms with Crippen LogP contribution in [0.4, 0.5) is 8.78 Å². The largest absolute Gasteiger partial charge is 0.395 e. The molecule has 1 aromatic rings. The first-order valence-electron chi connectivity index (χ1n) is 4.09. The van der Waals surface area contributed by atoms with Gasteiger partial charge in [-0.15, -0.1) is 0 Å². The van der Waals surface area contributed by atoms with Crippen molar-refractivity contribution in [1.82, 2.24) is 15.0 Å². The summed E-state index contributed by atoms with van der Waals surface area (Å²) in [5.74, 6) is 0.332. The molecular weight excluding hydrogens is 196 g/mol. The highest BCUT2D eigenvalue weighted by atomic mass is 19.3. The first-order chi connectivity index (χ1) is 6.72.